The summed E-state index contributed by atoms with van der Waals surface area (Å²) >= 11 is 0. The van der Waals surface area contributed by atoms with Crippen LogP contribution in [0.15, 0.2) is 45.6 Å². The largest absolute Gasteiger partial charge is 0.508 e. The van der Waals surface area contributed by atoms with Crippen molar-refractivity contribution in [3.05, 3.63) is 46.6 Å². The van der Waals surface area contributed by atoms with Crippen molar-refractivity contribution in [2.24, 2.45) is 0 Å². The average molecular weight is 609 g/mol. The summed E-state index contributed by atoms with van der Waals surface area (Å²) in [5.41, 5.74) is -1.21. The van der Waals surface area contributed by atoms with Gasteiger partial charge < -0.3 is 69.3 Å². The standard InChI is InChI=1S/C27H28O16/c1-8-15(31)17(33)20(36)26(39-8)43-24-19(35)18(34)23(25(37)38)42-27(24)41-22-16(32)14-12(30)6-11(29)7-13(14)40-21(22)9-2-4-10(28)5-3-9/h2-8,15,17-20,23-24,26-31,33-36H,1H3,(H,37,38)/t8-,15-,17+,18+,19+,20+,23-,24+,26+,27-/m0/s1. The van der Waals surface area contributed by atoms with Crippen molar-refractivity contribution in [2.75, 3.05) is 0 Å². The van der Waals surface area contributed by atoms with Gasteiger partial charge in [0.1, 0.15) is 58.7 Å². The number of aliphatic hydroxyl groups excluding tert-OH is 5. The second-order valence-corrected chi connectivity index (χ2v) is 10.1. The zero-order valence-corrected chi connectivity index (χ0v) is 22.1. The number of aliphatic hydroxyl groups is 5. The zero-order chi connectivity index (χ0) is 31.3. The van der Waals surface area contributed by atoms with Gasteiger partial charge in [-0.15, -0.1) is 0 Å². The number of carboxylic acids is 1. The van der Waals surface area contributed by atoms with Gasteiger partial charge in [0.05, 0.1) is 6.10 Å². The molecule has 10 atom stereocenters. The minimum Gasteiger partial charge on any atom is -0.508 e. The van der Waals surface area contributed by atoms with E-state index in [1.165, 1.54) is 31.2 Å². The van der Waals surface area contributed by atoms with E-state index in [-0.39, 0.29) is 22.7 Å². The van der Waals surface area contributed by atoms with Gasteiger partial charge >= 0.3 is 5.97 Å². The maximum Gasteiger partial charge on any atom is 0.335 e. The van der Waals surface area contributed by atoms with Crippen molar-refractivity contribution in [3.63, 3.8) is 0 Å². The van der Waals surface area contributed by atoms with Crippen LogP contribution in [0.3, 0.4) is 0 Å². The zero-order valence-electron chi connectivity index (χ0n) is 22.1. The van der Waals surface area contributed by atoms with Gasteiger partial charge in [-0.2, -0.15) is 0 Å². The summed E-state index contributed by atoms with van der Waals surface area (Å²) in [6, 6.07) is 7.03. The number of carboxylic acid groups (broad SMARTS) is 1. The van der Waals surface area contributed by atoms with Gasteiger partial charge in [0, 0.05) is 17.7 Å². The van der Waals surface area contributed by atoms with Gasteiger partial charge in [0.25, 0.3) is 0 Å². The van der Waals surface area contributed by atoms with Gasteiger partial charge in [-0.1, -0.05) is 0 Å². The molecule has 16 heteroatoms. The quantitative estimate of drug-likeness (QED) is 0.157. The molecular formula is C27H28O16. The number of carbonyl (C=O) groups is 1. The maximum absolute atomic E-state index is 13.7. The number of phenols is 3. The second-order valence-electron chi connectivity index (χ2n) is 10.1. The first-order valence-electron chi connectivity index (χ1n) is 12.9. The molecule has 1 aromatic heterocycles. The molecule has 3 aromatic rings. The Bertz CT molecular complexity index is 1550. The molecule has 0 unspecified atom stereocenters. The molecule has 2 aromatic carbocycles. The number of aromatic hydroxyl groups is 3. The number of ether oxygens (including phenoxy) is 4. The van der Waals surface area contributed by atoms with E-state index < -0.39 is 95.4 Å². The van der Waals surface area contributed by atoms with Crippen LogP contribution < -0.4 is 10.2 Å². The van der Waals surface area contributed by atoms with E-state index in [4.69, 9.17) is 23.4 Å². The summed E-state index contributed by atoms with van der Waals surface area (Å²) in [6.07, 6.45) is -18.3. The fourth-order valence-electron chi connectivity index (χ4n) is 4.86. The van der Waals surface area contributed by atoms with Gasteiger partial charge in [-0.05, 0) is 31.2 Å². The molecular weight excluding hydrogens is 580 g/mol. The number of rotatable bonds is 6. The molecule has 232 valence electrons. The Morgan fingerprint density at radius 2 is 1.49 bits per heavy atom. The molecule has 0 aliphatic carbocycles. The normalized spacial score (nSPS) is 32.9. The van der Waals surface area contributed by atoms with E-state index in [0.717, 1.165) is 12.1 Å². The smallest absolute Gasteiger partial charge is 0.335 e. The summed E-state index contributed by atoms with van der Waals surface area (Å²) in [5.74, 6) is -4.09. The lowest BCUT2D eigenvalue weighted by Crippen LogP contribution is -2.65. The number of aliphatic carboxylic acids is 1. The lowest BCUT2D eigenvalue weighted by Gasteiger charge is -2.45. The number of phenolic OH excluding ortho intramolecular Hbond substituents is 3. The van der Waals surface area contributed by atoms with E-state index in [9.17, 15) is 55.5 Å². The molecule has 5 rings (SSSR count). The Morgan fingerprint density at radius 1 is 0.814 bits per heavy atom. The Labute approximate surface area is 240 Å². The molecule has 0 spiro atoms. The van der Waals surface area contributed by atoms with Crippen LogP contribution in [-0.2, 0) is 19.0 Å². The highest BCUT2D eigenvalue weighted by Crippen LogP contribution is 2.38. The SMILES string of the molecule is C[C@@H]1O[C@H](O[C@H]2[C@@H](Oc3c(-c4ccc(O)cc4)oc4cc(O)cc(O)c4c3=O)O[C@H](C(=O)O)[C@H](O)[C@H]2O)[C@H](O)[C@H](O)[C@H]1O. The summed E-state index contributed by atoms with van der Waals surface area (Å²) in [7, 11) is 0. The monoisotopic (exact) mass is 608 g/mol. The summed E-state index contributed by atoms with van der Waals surface area (Å²) in [5, 5.41) is 91.2. The van der Waals surface area contributed by atoms with E-state index >= 15 is 0 Å². The highest BCUT2D eigenvalue weighted by molar-refractivity contribution is 5.88. The first-order chi connectivity index (χ1) is 20.3. The van der Waals surface area contributed by atoms with Crippen LogP contribution in [0.4, 0.5) is 0 Å². The lowest BCUT2D eigenvalue weighted by molar-refractivity contribution is -0.351. The Hall–Kier alpha value is -4.00. The second kappa shape index (κ2) is 11.6. The van der Waals surface area contributed by atoms with Crippen molar-refractivity contribution in [1.82, 2.24) is 0 Å². The van der Waals surface area contributed by atoms with Crippen molar-refractivity contribution in [1.29, 1.82) is 0 Å². The van der Waals surface area contributed by atoms with Crippen LogP contribution in [0.5, 0.6) is 23.0 Å². The Balaban J connectivity index is 1.62. The van der Waals surface area contributed by atoms with Crippen molar-refractivity contribution < 1.29 is 74.1 Å². The molecule has 0 amide bonds. The molecule has 9 N–H and O–H groups in total. The van der Waals surface area contributed by atoms with Crippen molar-refractivity contribution in [2.45, 2.75) is 68.3 Å². The Morgan fingerprint density at radius 3 is 2.14 bits per heavy atom. The van der Waals surface area contributed by atoms with Crippen molar-refractivity contribution in [3.8, 4) is 34.3 Å². The van der Waals surface area contributed by atoms with E-state index in [2.05, 4.69) is 0 Å². The highest BCUT2D eigenvalue weighted by atomic mass is 16.8. The third kappa shape index (κ3) is 5.57. The minimum atomic E-state index is -2.12. The van der Waals surface area contributed by atoms with Crippen LogP contribution in [-0.4, -0.2) is 113 Å². The number of hydrogen-bond acceptors (Lipinski definition) is 15. The van der Waals surface area contributed by atoms with E-state index in [1.54, 1.807) is 0 Å². The topological polar surface area (TPSA) is 266 Å². The average Bonchev–Trinajstić information content (AvgIpc) is 2.95. The molecule has 43 heavy (non-hydrogen) atoms. The predicted molar refractivity (Wildman–Crippen MR) is 139 cm³/mol. The van der Waals surface area contributed by atoms with Gasteiger partial charge in [-0.25, -0.2) is 4.79 Å². The van der Waals surface area contributed by atoms with Gasteiger partial charge in [-0.3, -0.25) is 4.79 Å². The molecule has 0 radical (unpaired) electrons. The van der Waals surface area contributed by atoms with Crippen LogP contribution in [0.1, 0.15) is 6.92 Å². The fraction of sp³-hybridized carbons (Fsp3) is 0.407. The minimum absolute atomic E-state index is 0.121. The third-order valence-corrected chi connectivity index (χ3v) is 7.17. The van der Waals surface area contributed by atoms with Gasteiger partial charge in [0.2, 0.25) is 17.5 Å². The first-order valence-corrected chi connectivity index (χ1v) is 12.9. The molecule has 0 saturated carbocycles. The summed E-state index contributed by atoms with van der Waals surface area (Å²) in [4.78, 5) is 25.5. The van der Waals surface area contributed by atoms with E-state index in [1.807, 2.05) is 0 Å². The van der Waals surface area contributed by atoms with Crippen LogP contribution in [0, 0.1) is 0 Å². The van der Waals surface area contributed by atoms with E-state index in [0.29, 0.717) is 0 Å². The number of fused-ring (bicyclic) bond motifs is 1. The molecule has 3 heterocycles. The van der Waals surface area contributed by atoms with Crippen molar-refractivity contribution >= 4 is 16.9 Å². The van der Waals surface area contributed by atoms with Crippen LogP contribution in [0.25, 0.3) is 22.3 Å². The predicted octanol–water partition coefficient (Wildman–Crippen LogP) is -1.30. The molecule has 2 aliphatic heterocycles. The third-order valence-electron chi connectivity index (χ3n) is 7.17. The van der Waals surface area contributed by atoms with Crippen LogP contribution in [0.2, 0.25) is 0 Å². The maximum atomic E-state index is 13.7. The lowest BCUT2D eigenvalue weighted by atomic mass is 9.97. The van der Waals surface area contributed by atoms with Gasteiger partial charge in [0.15, 0.2) is 24.3 Å². The van der Waals surface area contributed by atoms with Crippen LogP contribution >= 0.6 is 0 Å². The molecule has 16 nitrogen and oxygen atoms in total. The molecule has 2 saturated heterocycles. The molecule has 2 fully saturated rings. The summed E-state index contributed by atoms with van der Waals surface area (Å²) < 4.78 is 28.0. The Kier molecular flexibility index (Phi) is 8.21. The first kappa shape index (κ1) is 30.5. The molecule has 2 aliphatic rings. The number of benzene rings is 2. The molecule has 0 bridgehead atoms. The highest BCUT2D eigenvalue weighted by Gasteiger charge is 2.53. The summed E-state index contributed by atoms with van der Waals surface area (Å²) in [6.45, 7) is 1.35. The number of hydrogen-bond donors (Lipinski definition) is 9. The fourth-order valence-corrected chi connectivity index (χ4v) is 4.86.